The number of hydrogen-bond acceptors (Lipinski definition) is 0. The molecule has 0 aromatic rings. The van der Waals surface area contributed by atoms with Crippen LogP contribution in [0.2, 0.25) is 0 Å². The highest BCUT2D eigenvalue weighted by atomic mass is 14.8. The Bertz CT molecular complexity index is 62.9. The molecular weight excluding hydrogens is 100 g/mol. The van der Waals surface area contributed by atoms with E-state index in [0.29, 0.717) is 12.1 Å². The quantitative estimate of drug-likeness (QED) is 0.399. The smallest absolute Gasteiger partial charge is 0.137 e. The molecule has 0 aromatic heterocycles. The van der Waals surface area contributed by atoms with Gasteiger partial charge in [-0.05, 0) is 12.8 Å². The second-order valence-corrected chi connectivity index (χ2v) is 2.80. The van der Waals surface area contributed by atoms with Crippen LogP contribution in [0.25, 0.3) is 0 Å². The molecule has 1 unspecified atom stereocenters. The van der Waals surface area contributed by atoms with Crippen molar-refractivity contribution in [3.05, 3.63) is 0 Å². The second kappa shape index (κ2) is 2.46. The zero-order valence-corrected chi connectivity index (χ0v) is 5.40. The van der Waals surface area contributed by atoms with Crippen molar-refractivity contribution >= 4 is 0 Å². The minimum Gasteiger partial charge on any atom is -0.350 e. The molecule has 0 bridgehead atoms. The van der Waals surface area contributed by atoms with E-state index in [9.17, 15) is 0 Å². The summed E-state index contributed by atoms with van der Waals surface area (Å²) in [5, 5.41) is 0. The van der Waals surface area contributed by atoms with E-state index < -0.39 is 0 Å². The van der Waals surface area contributed by atoms with Crippen LogP contribution in [0, 0.1) is 0 Å². The largest absolute Gasteiger partial charge is 0.350 e. The van der Waals surface area contributed by atoms with E-state index in [1.165, 1.54) is 25.7 Å². The Morgan fingerprint density at radius 1 is 0.875 bits per heavy atom. The lowest BCUT2D eigenvalue weighted by Gasteiger charge is -2.18. The molecule has 0 aliphatic heterocycles. The van der Waals surface area contributed by atoms with Gasteiger partial charge in [-0.1, -0.05) is 0 Å². The number of hydrogen-bond donors (Lipinski definition) is 2. The van der Waals surface area contributed by atoms with Crippen LogP contribution >= 0.6 is 0 Å². The fourth-order valence-electron chi connectivity index (χ4n) is 1.28. The van der Waals surface area contributed by atoms with Crippen LogP contribution in [0.1, 0.15) is 25.7 Å². The zero-order valence-electron chi connectivity index (χ0n) is 5.40. The maximum atomic E-state index is 4.02. The van der Waals surface area contributed by atoms with Gasteiger partial charge in [0.15, 0.2) is 0 Å². The normalized spacial score (nSPS) is 39.8. The Hall–Kier alpha value is -0.0800. The van der Waals surface area contributed by atoms with Crippen LogP contribution in [-0.2, 0) is 0 Å². The minimum absolute atomic E-state index is 0.642. The van der Waals surface area contributed by atoms with Crippen LogP contribution in [0.15, 0.2) is 0 Å². The molecular formula is C6H16N2+2. The summed E-state index contributed by atoms with van der Waals surface area (Å²) in [7, 11) is 0. The van der Waals surface area contributed by atoms with Gasteiger partial charge in [-0.3, -0.25) is 0 Å². The molecule has 0 radical (unpaired) electrons. The maximum absolute atomic E-state index is 4.02. The van der Waals surface area contributed by atoms with Gasteiger partial charge >= 0.3 is 0 Å². The first kappa shape index (κ1) is 6.05. The van der Waals surface area contributed by atoms with Crippen LogP contribution in [-0.4, -0.2) is 12.1 Å². The third-order valence-corrected chi connectivity index (χ3v) is 2.07. The molecule has 2 nitrogen and oxygen atoms in total. The lowest BCUT2D eigenvalue weighted by molar-refractivity contribution is -0.534. The SMILES string of the molecule is [NH3+]C1CCCC[C@@H]1[NH3+]. The van der Waals surface area contributed by atoms with E-state index in [0.717, 1.165) is 0 Å². The van der Waals surface area contributed by atoms with Gasteiger partial charge in [0.05, 0.1) is 0 Å². The van der Waals surface area contributed by atoms with Crippen LogP contribution in [0.4, 0.5) is 0 Å². The van der Waals surface area contributed by atoms with Crippen LogP contribution in [0.3, 0.4) is 0 Å². The summed E-state index contributed by atoms with van der Waals surface area (Å²) in [6, 6.07) is 1.28. The summed E-state index contributed by atoms with van der Waals surface area (Å²) in [5.41, 5.74) is 8.03. The molecule has 0 amide bonds. The van der Waals surface area contributed by atoms with E-state index in [-0.39, 0.29) is 0 Å². The van der Waals surface area contributed by atoms with E-state index in [2.05, 4.69) is 11.5 Å². The van der Waals surface area contributed by atoms with Crippen LogP contribution in [0.5, 0.6) is 0 Å². The monoisotopic (exact) mass is 116 g/mol. The highest BCUT2D eigenvalue weighted by Gasteiger charge is 2.23. The predicted molar refractivity (Wildman–Crippen MR) is 31.8 cm³/mol. The second-order valence-electron chi connectivity index (χ2n) is 2.80. The number of rotatable bonds is 0. The van der Waals surface area contributed by atoms with Gasteiger partial charge in [0.1, 0.15) is 12.1 Å². The first-order valence-electron chi connectivity index (χ1n) is 3.47. The highest BCUT2D eigenvalue weighted by Crippen LogP contribution is 2.12. The Balaban J connectivity index is 2.28. The lowest BCUT2D eigenvalue weighted by atomic mass is 9.92. The predicted octanol–water partition coefficient (Wildman–Crippen LogP) is -1.22. The Labute approximate surface area is 50.2 Å². The zero-order chi connectivity index (χ0) is 5.98. The van der Waals surface area contributed by atoms with Gasteiger partial charge in [0, 0.05) is 12.8 Å². The van der Waals surface area contributed by atoms with Gasteiger partial charge in [0.2, 0.25) is 0 Å². The van der Waals surface area contributed by atoms with Gasteiger partial charge in [0.25, 0.3) is 0 Å². The fourth-order valence-corrected chi connectivity index (χ4v) is 1.28. The highest BCUT2D eigenvalue weighted by molar-refractivity contribution is 4.69. The summed E-state index contributed by atoms with van der Waals surface area (Å²) in [6.07, 6.45) is 5.35. The van der Waals surface area contributed by atoms with Gasteiger partial charge in [-0.15, -0.1) is 0 Å². The average molecular weight is 116 g/mol. The maximum Gasteiger partial charge on any atom is 0.137 e. The molecule has 1 aliphatic rings. The molecule has 1 rings (SSSR count). The Morgan fingerprint density at radius 3 is 1.50 bits per heavy atom. The van der Waals surface area contributed by atoms with Crippen molar-refractivity contribution in [2.24, 2.45) is 0 Å². The van der Waals surface area contributed by atoms with Crippen molar-refractivity contribution in [1.82, 2.24) is 0 Å². The summed E-state index contributed by atoms with van der Waals surface area (Å²) < 4.78 is 0. The summed E-state index contributed by atoms with van der Waals surface area (Å²) >= 11 is 0. The molecule has 6 N–H and O–H groups in total. The summed E-state index contributed by atoms with van der Waals surface area (Å²) in [6.45, 7) is 0. The molecule has 1 saturated carbocycles. The van der Waals surface area contributed by atoms with E-state index in [1.807, 2.05) is 0 Å². The summed E-state index contributed by atoms with van der Waals surface area (Å²) in [5.74, 6) is 0. The fraction of sp³-hybridized carbons (Fsp3) is 1.00. The first-order chi connectivity index (χ1) is 3.80. The molecule has 0 saturated heterocycles. The number of quaternary nitrogens is 2. The molecule has 0 heterocycles. The topological polar surface area (TPSA) is 55.3 Å². The Kier molecular flexibility index (Phi) is 1.86. The van der Waals surface area contributed by atoms with Crippen molar-refractivity contribution in [3.8, 4) is 0 Å². The average Bonchev–Trinajstić information content (AvgIpc) is 1.77. The van der Waals surface area contributed by atoms with Crippen molar-refractivity contribution in [3.63, 3.8) is 0 Å². The molecule has 2 atom stereocenters. The Morgan fingerprint density at radius 2 is 1.25 bits per heavy atom. The third-order valence-electron chi connectivity index (χ3n) is 2.07. The molecule has 2 heteroatoms. The van der Waals surface area contributed by atoms with Crippen molar-refractivity contribution in [2.45, 2.75) is 37.8 Å². The van der Waals surface area contributed by atoms with Gasteiger partial charge in [-0.2, -0.15) is 0 Å². The van der Waals surface area contributed by atoms with E-state index >= 15 is 0 Å². The lowest BCUT2D eigenvalue weighted by Crippen LogP contribution is -2.80. The van der Waals surface area contributed by atoms with Gasteiger partial charge in [-0.25, -0.2) is 0 Å². The standard InChI is InChI=1S/C6H14N2/c7-5-3-1-2-4-6(5)8/h5-6H,1-4,7-8H2/p+2/t5-,6?/m0/s1. The molecule has 1 aliphatic carbocycles. The van der Waals surface area contributed by atoms with Crippen molar-refractivity contribution < 1.29 is 11.5 Å². The molecule has 0 spiro atoms. The molecule has 1 fully saturated rings. The molecule has 0 aromatic carbocycles. The summed E-state index contributed by atoms with van der Waals surface area (Å²) in [4.78, 5) is 0. The van der Waals surface area contributed by atoms with E-state index in [4.69, 9.17) is 0 Å². The van der Waals surface area contributed by atoms with E-state index in [1.54, 1.807) is 0 Å². The third kappa shape index (κ3) is 1.20. The van der Waals surface area contributed by atoms with Crippen molar-refractivity contribution in [2.75, 3.05) is 0 Å². The van der Waals surface area contributed by atoms with Crippen molar-refractivity contribution in [1.29, 1.82) is 0 Å². The van der Waals surface area contributed by atoms with Crippen LogP contribution < -0.4 is 11.5 Å². The molecule has 8 heavy (non-hydrogen) atoms. The van der Waals surface area contributed by atoms with Gasteiger partial charge < -0.3 is 11.5 Å². The first-order valence-corrected chi connectivity index (χ1v) is 3.47. The minimum atomic E-state index is 0.642. The molecule has 48 valence electrons.